The van der Waals surface area contributed by atoms with Crippen LogP contribution >= 0.6 is 0 Å². The van der Waals surface area contributed by atoms with E-state index in [1.54, 1.807) is 31.2 Å². The molecule has 5 heteroatoms. The van der Waals surface area contributed by atoms with Crippen molar-refractivity contribution in [2.45, 2.75) is 18.7 Å². The fourth-order valence-electron chi connectivity index (χ4n) is 0.991. The molecule has 0 bridgehead atoms. The van der Waals surface area contributed by atoms with Gasteiger partial charge in [-0.2, -0.15) is 0 Å². The number of sulfonamides is 1. The Morgan fingerprint density at radius 3 is 2.14 bits per heavy atom. The summed E-state index contributed by atoms with van der Waals surface area (Å²) in [5.74, 6) is 0. The first-order valence-corrected chi connectivity index (χ1v) is 5.61. The number of hydrogen-bond acceptors (Lipinski definition) is 2. The van der Waals surface area contributed by atoms with Gasteiger partial charge in [-0.05, 0) is 19.1 Å². The minimum atomic E-state index is -3.28. The number of aryl methyl sites for hydroxylation is 1. The van der Waals surface area contributed by atoms with Crippen LogP contribution in [0.15, 0.2) is 29.2 Å². The predicted molar refractivity (Wildman–Crippen MR) is 52.0 cm³/mol. The number of nitrogens with one attached hydrogen (secondary N) is 1. The Morgan fingerprint density at radius 2 is 1.71 bits per heavy atom. The van der Waals surface area contributed by atoms with Crippen molar-refractivity contribution in [3.63, 3.8) is 0 Å². The molecule has 0 radical (unpaired) electrons. The van der Waals surface area contributed by atoms with Crippen molar-refractivity contribution in [3.05, 3.63) is 29.8 Å². The van der Waals surface area contributed by atoms with E-state index in [1.807, 2.05) is 6.92 Å². The molecule has 0 saturated heterocycles. The molecular formula is C9H13HgNO2S. The van der Waals surface area contributed by atoms with Gasteiger partial charge in [0, 0.05) is 34.2 Å². The molecule has 0 aromatic heterocycles. The minimum absolute atomic E-state index is 0. The van der Waals surface area contributed by atoms with Crippen molar-refractivity contribution in [1.82, 2.24) is 4.72 Å². The zero-order valence-electron chi connectivity index (χ0n) is 8.45. The first-order chi connectivity index (χ1) is 6.06. The molecule has 0 atom stereocenters. The van der Waals surface area contributed by atoms with Gasteiger partial charge in [0.2, 0.25) is 10.0 Å². The second-order valence-electron chi connectivity index (χ2n) is 2.81. The Morgan fingerprint density at radius 1 is 1.21 bits per heavy atom. The van der Waals surface area contributed by atoms with E-state index < -0.39 is 10.0 Å². The molecule has 0 fully saturated rings. The third-order valence-electron chi connectivity index (χ3n) is 1.67. The van der Waals surface area contributed by atoms with Crippen molar-refractivity contribution < 1.29 is 36.1 Å². The third-order valence-corrected chi connectivity index (χ3v) is 3.23. The number of hydrogen-bond donors (Lipinski definition) is 1. The molecule has 14 heavy (non-hydrogen) atoms. The van der Waals surface area contributed by atoms with Gasteiger partial charge in [-0.3, -0.25) is 0 Å². The quantitative estimate of drug-likeness (QED) is 0.779. The summed E-state index contributed by atoms with van der Waals surface area (Å²) >= 11 is 0. The van der Waals surface area contributed by atoms with E-state index in [2.05, 4.69) is 4.72 Å². The first kappa shape index (κ1) is 14.1. The van der Waals surface area contributed by atoms with E-state index in [4.69, 9.17) is 0 Å². The van der Waals surface area contributed by atoms with E-state index in [0.29, 0.717) is 11.4 Å². The second kappa shape index (κ2) is 5.83. The van der Waals surface area contributed by atoms with E-state index in [-0.39, 0.29) is 27.7 Å². The molecule has 3 nitrogen and oxygen atoms in total. The molecule has 0 unspecified atom stereocenters. The maximum absolute atomic E-state index is 11.4. The third kappa shape index (κ3) is 3.67. The summed E-state index contributed by atoms with van der Waals surface area (Å²) in [6.07, 6.45) is 0. The van der Waals surface area contributed by atoms with Crippen molar-refractivity contribution in [2.75, 3.05) is 6.54 Å². The summed E-state index contributed by atoms with van der Waals surface area (Å²) in [5, 5.41) is 0. The van der Waals surface area contributed by atoms with Crippen LogP contribution in [0, 0.1) is 6.92 Å². The largest absolute Gasteiger partial charge is 0.240 e. The molecule has 1 aromatic rings. The Labute approximate surface area is 105 Å². The van der Waals surface area contributed by atoms with Gasteiger partial charge < -0.3 is 0 Å². The maximum atomic E-state index is 11.4. The summed E-state index contributed by atoms with van der Waals surface area (Å²) in [5.41, 5.74) is 1.05. The zero-order valence-corrected chi connectivity index (χ0v) is 14.8. The summed E-state index contributed by atoms with van der Waals surface area (Å²) in [4.78, 5) is 0.319. The average Bonchev–Trinajstić information content (AvgIpc) is 2.05. The zero-order chi connectivity index (χ0) is 9.90. The Hall–Kier alpha value is 0.0651. The van der Waals surface area contributed by atoms with Crippen molar-refractivity contribution in [3.8, 4) is 0 Å². The van der Waals surface area contributed by atoms with E-state index in [0.717, 1.165) is 5.56 Å². The molecule has 0 heterocycles. The molecule has 1 aromatic carbocycles. The van der Waals surface area contributed by atoms with Crippen LogP contribution in [0.2, 0.25) is 0 Å². The molecule has 1 rings (SSSR count). The maximum Gasteiger partial charge on any atom is 0.240 e. The molecule has 74 valence electrons. The molecule has 1 N–H and O–H groups in total. The standard InChI is InChI=1S/C9H13NO2S.Hg/c1-3-10-13(11,12)9-6-4-8(2)5-7-9;/h4-7,10H,3H2,1-2H3;. The minimum Gasteiger partial charge on any atom is -0.211 e. The molecule has 0 saturated carbocycles. The van der Waals surface area contributed by atoms with Gasteiger partial charge in [-0.25, -0.2) is 13.1 Å². The smallest absolute Gasteiger partial charge is 0.211 e. The topological polar surface area (TPSA) is 46.2 Å². The van der Waals surface area contributed by atoms with Crippen LogP contribution < -0.4 is 4.72 Å². The average molecular weight is 400 g/mol. The number of rotatable bonds is 3. The van der Waals surface area contributed by atoms with Crippen LogP contribution in [0.25, 0.3) is 0 Å². The van der Waals surface area contributed by atoms with Crippen LogP contribution in [-0.2, 0) is 37.7 Å². The van der Waals surface area contributed by atoms with E-state index >= 15 is 0 Å². The first-order valence-electron chi connectivity index (χ1n) is 4.12. The summed E-state index contributed by atoms with van der Waals surface area (Å²) < 4.78 is 25.3. The van der Waals surface area contributed by atoms with Gasteiger partial charge in [0.15, 0.2) is 0 Å². The Kier molecular flexibility index (Phi) is 5.85. The molecule has 0 spiro atoms. The number of benzene rings is 1. The summed E-state index contributed by atoms with van der Waals surface area (Å²) in [6.45, 7) is 4.09. The predicted octanol–water partition coefficient (Wildman–Crippen LogP) is 1.29. The van der Waals surface area contributed by atoms with E-state index in [1.165, 1.54) is 0 Å². The van der Waals surface area contributed by atoms with Crippen molar-refractivity contribution in [2.24, 2.45) is 0 Å². The van der Waals surface area contributed by atoms with Crippen LogP contribution in [0.5, 0.6) is 0 Å². The monoisotopic (exact) mass is 401 g/mol. The fraction of sp³-hybridized carbons (Fsp3) is 0.333. The van der Waals surface area contributed by atoms with Crippen LogP contribution in [-0.4, -0.2) is 15.0 Å². The van der Waals surface area contributed by atoms with Gasteiger partial charge in [-0.15, -0.1) is 0 Å². The van der Waals surface area contributed by atoms with Gasteiger partial charge in [0.1, 0.15) is 0 Å². The Balaban J connectivity index is 0.00000169. The second-order valence-corrected chi connectivity index (χ2v) is 4.58. The molecule has 0 amide bonds. The summed E-state index contributed by atoms with van der Waals surface area (Å²) in [6, 6.07) is 6.77. The van der Waals surface area contributed by atoms with Crippen molar-refractivity contribution in [1.29, 1.82) is 0 Å². The van der Waals surface area contributed by atoms with Crippen molar-refractivity contribution >= 4 is 10.0 Å². The SMILES string of the molecule is CCNS(=O)(=O)c1ccc(C)cc1.[Hg]. The van der Waals surface area contributed by atoms with Gasteiger partial charge in [0.05, 0.1) is 4.90 Å². The normalized spacial score (nSPS) is 10.7. The fourth-order valence-corrected chi connectivity index (χ4v) is 2.03. The van der Waals surface area contributed by atoms with E-state index in [9.17, 15) is 8.42 Å². The van der Waals surface area contributed by atoms with Crippen LogP contribution in [0.3, 0.4) is 0 Å². The molecule has 0 aliphatic rings. The van der Waals surface area contributed by atoms with Crippen LogP contribution in [0.4, 0.5) is 0 Å². The van der Waals surface area contributed by atoms with Gasteiger partial charge in [0.25, 0.3) is 0 Å². The van der Waals surface area contributed by atoms with Crippen LogP contribution in [0.1, 0.15) is 12.5 Å². The molecule has 0 aliphatic carbocycles. The molecule has 0 aliphatic heterocycles. The Bertz CT molecular complexity index is 372. The summed E-state index contributed by atoms with van der Waals surface area (Å²) in [7, 11) is -3.28. The molecular weight excluding hydrogens is 387 g/mol. The van der Waals surface area contributed by atoms with Gasteiger partial charge >= 0.3 is 0 Å². The van der Waals surface area contributed by atoms with Gasteiger partial charge in [-0.1, -0.05) is 24.6 Å².